The van der Waals surface area contributed by atoms with Gasteiger partial charge < -0.3 is 9.47 Å². The number of pyridine rings is 1. The summed E-state index contributed by atoms with van der Waals surface area (Å²) in [7, 11) is 1.56. The van der Waals surface area contributed by atoms with Crippen molar-refractivity contribution in [2.24, 2.45) is 7.05 Å². The molecule has 0 saturated carbocycles. The molecule has 0 amide bonds. The molecule has 146 valence electrons. The molecule has 0 bridgehead atoms. The van der Waals surface area contributed by atoms with Crippen molar-refractivity contribution in [3.05, 3.63) is 56.0 Å². The zero-order valence-electron chi connectivity index (χ0n) is 15.8. The molecule has 0 atom stereocenters. The third-order valence-electron chi connectivity index (χ3n) is 5.32. The van der Waals surface area contributed by atoms with Crippen molar-refractivity contribution >= 4 is 28.7 Å². The lowest BCUT2D eigenvalue weighted by Gasteiger charge is -2.33. The number of fused-ring (bicyclic) bond motifs is 1. The van der Waals surface area contributed by atoms with Crippen molar-refractivity contribution in [2.75, 3.05) is 18.0 Å². The van der Waals surface area contributed by atoms with Gasteiger partial charge in [0.1, 0.15) is 0 Å². The van der Waals surface area contributed by atoms with Crippen molar-refractivity contribution in [3.63, 3.8) is 0 Å². The first kappa shape index (κ1) is 18.6. The maximum absolute atomic E-state index is 12.7. The quantitative estimate of drug-likeness (QED) is 0.624. The Balaban J connectivity index is 1.65. The van der Waals surface area contributed by atoms with E-state index in [2.05, 4.69) is 26.8 Å². The lowest BCUT2D eigenvalue weighted by Crippen LogP contribution is -2.45. The van der Waals surface area contributed by atoms with E-state index in [0.29, 0.717) is 48.1 Å². The van der Waals surface area contributed by atoms with Crippen molar-refractivity contribution in [1.82, 2.24) is 24.1 Å². The fourth-order valence-corrected chi connectivity index (χ4v) is 3.81. The van der Waals surface area contributed by atoms with Crippen LogP contribution in [-0.2, 0) is 13.5 Å². The number of hydrogen-bond acceptors (Lipinski definition) is 6. The first-order valence-electron chi connectivity index (χ1n) is 9.32. The summed E-state index contributed by atoms with van der Waals surface area (Å²) >= 11 is 6.04. The molecule has 0 unspecified atom stereocenters. The first-order chi connectivity index (χ1) is 13.5. The van der Waals surface area contributed by atoms with E-state index < -0.39 is 11.1 Å². The number of aryl methyl sites for hydroxylation is 2. The summed E-state index contributed by atoms with van der Waals surface area (Å²) < 4.78 is 2.84. The van der Waals surface area contributed by atoms with Crippen LogP contribution in [0.1, 0.15) is 31.4 Å². The molecule has 0 N–H and O–H groups in total. The number of piperidine rings is 1. The highest BCUT2D eigenvalue weighted by molar-refractivity contribution is 6.31. The highest BCUT2D eigenvalue weighted by Gasteiger charge is 2.26. The average molecular weight is 401 g/mol. The van der Waals surface area contributed by atoms with E-state index in [1.165, 1.54) is 15.3 Å². The Hall–Kier alpha value is -2.74. The van der Waals surface area contributed by atoms with E-state index in [9.17, 15) is 9.59 Å². The Labute approximate surface area is 166 Å². The third kappa shape index (κ3) is 3.17. The smallest absolute Gasteiger partial charge is 0.318 e. The normalized spacial score (nSPS) is 15.3. The molecule has 3 aromatic rings. The second kappa shape index (κ2) is 7.35. The highest BCUT2D eigenvalue weighted by atomic mass is 35.5. The van der Waals surface area contributed by atoms with Gasteiger partial charge in [-0.3, -0.25) is 14.2 Å². The van der Waals surface area contributed by atoms with Gasteiger partial charge in [0.25, 0.3) is 0 Å². The minimum atomic E-state index is -0.572. The minimum absolute atomic E-state index is 0.108. The van der Waals surface area contributed by atoms with E-state index in [0.717, 1.165) is 12.0 Å². The number of hydrogen-bond donors (Lipinski definition) is 0. The molecule has 1 saturated heterocycles. The van der Waals surface area contributed by atoms with E-state index in [-0.39, 0.29) is 6.04 Å². The van der Waals surface area contributed by atoms with Crippen molar-refractivity contribution in [2.45, 2.75) is 32.2 Å². The lowest BCUT2D eigenvalue weighted by molar-refractivity contribution is 0.389. The molecule has 0 aliphatic carbocycles. The molecule has 0 radical (unpaired) electrons. The Bertz CT molecular complexity index is 1130. The molecular formula is C19H21ClN6O2. The number of anilines is 1. The molecule has 0 aromatic carbocycles. The third-order valence-corrected chi connectivity index (χ3v) is 5.53. The lowest BCUT2D eigenvalue weighted by atomic mass is 10.0. The van der Waals surface area contributed by atoms with Crippen LogP contribution in [0.2, 0.25) is 5.02 Å². The van der Waals surface area contributed by atoms with Gasteiger partial charge in [0.15, 0.2) is 5.65 Å². The molecule has 9 heteroatoms. The van der Waals surface area contributed by atoms with Gasteiger partial charge in [-0.15, -0.1) is 0 Å². The average Bonchev–Trinajstić information content (AvgIpc) is 2.73. The Morgan fingerprint density at radius 2 is 1.75 bits per heavy atom. The van der Waals surface area contributed by atoms with Crippen LogP contribution in [-0.4, -0.2) is 37.2 Å². The zero-order chi connectivity index (χ0) is 19.8. The van der Waals surface area contributed by atoms with Crippen molar-refractivity contribution < 1.29 is 0 Å². The van der Waals surface area contributed by atoms with Gasteiger partial charge in [-0.05, 0) is 30.9 Å². The molecular weight excluding hydrogens is 380 g/mol. The van der Waals surface area contributed by atoms with Gasteiger partial charge in [-0.25, -0.2) is 15.0 Å². The predicted molar refractivity (Wildman–Crippen MR) is 108 cm³/mol. The fraction of sp³-hybridized carbons (Fsp3) is 0.421. The number of nitrogens with zero attached hydrogens (tertiary/aromatic N) is 6. The van der Waals surface area contributed by atoms with Crippen LogP contribution in [0.4, 0.5) is 5.95 Å². The molecule has 1 aliphatic rings. The molecule has 8 nitrogen and oxygen atoms in total. The van der Waals surface area contributed by atoms with Crippen LogP contribution in [0.25, 0.3) is 11.2 Å². The minimum Gasteiger partial charge on any atom is -0.341 e. The summed E-state index contributed by atoms with van der Waals surface area (Å²) in [6, 6.07) is 1.56. The molecule has 28 heavy (non-hydrogen) atoms. The first-order valence-corrected chi connectivity index (χ1v) is 9.70. The molecule has 4 rings (SSSR count). The summed E-state index contributed by atoms with van der Waals surface area (Å²) in [5.74, 6) is 0.696. The Morgan fingerprint density at radius 3 is 2.39 bits per heavy atom. The Kier molecular flexibility index (Phi) is 4.89. The maximum atomic E-state index is 12.7. The Morgan fingerprint density at radius 1 is 1.07 bits per heavy atom. The van der Waals surface area contributed by atoms with E-state index >= 15 is 0 Å². The van der Waals surface area contributed by atoms with Gasteiger partial charge in [-0.1, -0.05) is 18.5 Å². The molecule has 0 spiro atoms. The molecule has 1 aliphatic heterocycles. The van der Waals surface area contributed by atoms with E-state index in [1.807, 2.05) is 12.4 Å². The molecule has 4 heterocycles. The highest BCUT2D eigenvalue weighted by Crippen LogP contribution is 2.26. The van der Waals surface area contributed by atoms with Gasteiger partial charge in [0.2, 0.25) is 5.95 Å². The van der Waals surface area contributed by atoms with Crippen LogP contribution in [0.3, 0.4) is 0 Å². The van der Waals surface area contributed by atoms with Crippen LogP contribution in [0.5, 0.6) is 0 Å². The van der Waals surface area contributed by atoms with Crippen LogP contribution in [0.15, 0.2) is 34.2 Å². The fourth-order valence-electron chi connectivity index (χ4n) is 3.66. The number of rotatable bonds is 3. The monoisotopic (exact) mass is 400 g/mol. The van der Waals surface area contributed by atoms with Gasteiger partial charge in [0, 0.05) is 44.8 Å². The maximum Gasteiger partial charge on any atom is 0.318 e. The molecule has 1 fully saturated rings. The SMILES string of the molecule is CCc1cnc(N2CCC(n3c(=O)c(=O)n(C)c4cc(Cl)cnc43)CC2)nc1. The predicted octanol–water partition coefficient (Wildman–Crippen LogP) is 1.94. The second-order valence-corrected chi connectivity index (χ2v) is 7.44. The van der Waals surface area contributed by atoms with E-state index in [1.54, 1.807) is 13.1 Å². The summed E-state index contributed by atoms with van der Waals surface area (Å²) in [6.45, 7) is 3.47. The summed E-state index contributed by atoms with van der Waals surface area (Å²) in [4.78, 5) is 40.5. The largest absolute Gasteiger partial charge is 0.341 e. The topological polar surface area (TPSA) is 85.9 Å². The summed E-state index contributed by atoms with van der Waals surface area (Å²) in [6.07, 6.45) is 7.50. The van der Waals surface area contributed by atoms with Crippen molar-refractivity contribution in [3.8, 4) is 0 Å². The van der Waals surface area contributed by atoms with Gasteiger partial charge in [0.05, 0.1) is 10.5 Å². The zero-order valence-corrected chi connectivity index (χ0v) is 16.6. The van der Waals surface area contributed by atoms with Crippen molar-refractivity contribution in [1.29, 1.82) is 0 Å². The number of halogens is 1. The number of aromatic nitrogens is 5. The van der Waals surface area contributed by atoms with Crippen LogP contribution in [0, 0.1) is 0 Å². The molecule has 3 aromatic heterocycles. The van der Waals surface area contributed by atoms with Gasteiger partial charge >= 0.3 is 11.1 Å². The standard InChI is InChI=1S/C19H21ClN6O2/c1-3-12-9-22-19(23-10-12)25-6-4-14(5-7-25)26-16-15(8-13(20)11-21-16)24(2)17(27)18(26)28/h8-11,14H,3-7H2,1-2H3. The second-order valence-electron chi connectivity index (χ2n) is 7.00. The van der Waals surface area contributed by atoms with Gasteiger partial charge in [-0.2, -0.15) is 0 Å². The van der Waals surface area contributed by atoms with E-state index in [4.69, 9.17) is 11.6 Å². The van der Waals surface area contributed by atoms with Crippen LogP contribution >= 0.6 is 11.6 Å². The van der Waals surface area contributed by atoms with Crippen LogP contribution < -0.4 is 16.0 Å². The summed E-state index contributed by atoms with van der Waals surface area (Å²) in [5, 5.41) is 0.426. The summed E-state index contributed by atoms with van der Waals surface area (Å²) in [5.41, 5.74) is 1.02.